The Morgan fingerprint density at radius 1 is 1.22 bits per heavy atom. The molecule has 0 bridgehead atoms. The maximum Gasteiger partial charge on any atom is 0.326 e. The van der Waals surface area contributed by atoms with Crippen molar-refractivity contribution in [3.8, 4) is 0 Å². The highest BCUT2D eigenvalue weighted by atomic mass is 16.2. The van der Waals surface area contributed by atoms with E-state index in [2.05, 4.69) is 11.4 Å². The van der Waals surface area contributed by atoms with Gasteiger partial charge in [-0.25, -0.2) is 4.79 Å². The molecule has 23 heavy (non-hydrogen) atoms. The molecule has 3 rings (SSSR count). The van der Waals surface area contributed by atoms with Gasteiger partial charge < -0.3 is 10.2 Å². The summed E-state index contributed by atoms with van der Waals surface area (Å²) in [5.74, 6) is -0.285. The number of likely N-dealkylation sites (N-methyl/N-ethyl adjacent to an activating group) is 1. The predicted molar refractivity (Wildman–Crippen MR) is 86.1 cm³/mol. The molecular formula is C17H21N3O3. The van der Waals surface area contributed by atoms with Crippen LogP contribution in [0.25, 0.3) is 0 Å². The molecule has 122 valence electrons. The van der Waals surface area contributed by atoms with Gasteiger partial charge in [-0.05, 0) is 48.9 Å². The average molecular weight is 315 g/mol. The minimum Gasteiger partial charge on any atom is -0.326 e. The van der Waals surface area contributed by atoms with Gasteiger partial charge in [0.25, 0.3) is 0 Å². The number of benzene rings is 1. The van der Waals surface area contributed by atoms with E-state index in [4.69, 9.17) is 0 Å². The number of anilines is 1. The second-order valence-electron chi connectivity index (χ2n) is 6.17. The molecule has 0 saturated carbocycles. The molecule has 6 nitrogen and oxygen atoms in total. The highest BCUT2D eigenvalue weighted by Crippen LogP contribution is 2.25. The number of amides is 4. The van der Waals surface area contributed by atoms with Crippen molar-refractivity contribution in [1.29, 1.82) is 0 Å². The lowest BCUT2D eigenvalue weighted by molar-refractivity contribution is -0.125. The first-order valence-electron chi connectivity index (χ1n) is 8.02. The molecule has 1 aromatic rings. The van der Waals surface area contributed by atoms with Gasteiger partial charge >= 0.3 is 6.03 Å². The number of hydrogen-bond donors (Lipinski definition) is 1. The first kappa shape index (κ1) is 15.5. The smallest absolute Gasteiger partial charge is 0.326 e. The average Bonchev–Trinajstić information content (AvgIpc) is 3.06. The molecule has 0 unspecified atom stereocenters. The van der Waals surface area contributed by atoms with E-state index in [9.17, 15) is 14.4 Å². The van der Waals surface area contributed by atoms with E-state index in [1.54, 1.807) is 7.05 Å². The zero-order valence-corrected chi connectivity index (χ0v) is 13.3. The third-order valence-electron chi connectivity index (χ3n) is 4.40. The summed E-state index contributed by atoms with van der Waals surface area (Å²) < 4.78 is 0. The molecule has 0 spiro atoms. The van der Waals surface area contributed by atoms with Gasteiger partial charge in [-0.1, -0.05) is 6.07 Å². The van der Waals surface area contributed by atoms with Gasteiger partial charge in [-0.15, -0.1) is 0 Å². The third kappa shape index (κ3) is 3.36. The van der Waals surface area contributed by atoms with Crippen LogP contribution in [0.3, 0.4) is 0 Å². The normalized spacial score (nSPS) is 16.9. The van der Waals surface area contributed by atoms with Crippen LogP contribution >= 0.6 is 0 Å². The van der Waals surface area contributed by atoms with Gasteiger partial charge in [0.1, 0.15) is 6.54 Å². The van der Waals surface area contributed by atoms with Crippen molar-refractivity contribution in [1.82, 2.24) is 9.80 Å². The molecule has 4 amide bonds. The van der Waals surface area contributed by atoms with Crippen LogP contribution in [0.5, 0.6) is 0 Å². The first-order chi connectivity index (χ1) is 11.0. The van der Waals surface area contributed by atoms with Crippen LogP contribution in [0.2, 0.25) is 0 Å². The van der Waals surface area contributed by atoms with Gasteiger partial charge in [0.15, 0.2) is 0 Å². The van der Waals surface area contributed by atoms with E-state index in [1.807, 2.05) is 12.1 Å². The molecule has 1 aromatic carbocycles. The Morgan fingerprint density at radius 2 is 2.00 bits per heavy atom. The van der Waals surface area contributed by atoms with Crippen molar-refractivity contribution >= 4 is 23.5 Å². The van der Waals surface area contributed by atoms with E-state index in [1.165, 1.54) is 27.3 Å². The second kappa shape index (κ2) is 6.40. The molecule has 1 saturated heterocycles. The Bertz CT molecular complexity index is 656. The van der Waals surface area contributed by atoms with Crippen molar-refractivity contribution in [3.05, 3.63) is 29.3 Å². The lowest BCUT2D eigenvalue weighted by atomic mass is 10.1. The Kier molecular flexibility index (Phi) is 4.32. The molecule has 1 N–H and O–H groups in total. The van der Waals surface area contributed by atoms with Crippen LogP contribution in [0.4, 0.5) is 10.5 Å². The zero-order chi connectivity index (χ0) is 16.4. The number of carbonyl (C=O) groups excluding carboxylic acids is 3. The number of imide groups is 1. The third-order valence-corrected chi connectivity index (χ3v) is 4.40. The summed E-state index contributed by atoms with van der Waals surface area (Å²) in [6, 6.07) is 5.77. The fourth-order valence-electron chi connectivity index (χ4n) is 3.16. The predicted octanol–water partition coefficient (Wildman–Crippen LogP) is 1.79. The number of nitrogens with one attached hydrogen (secondary N) is 1. The quantitative estimate of drug-likeness (QED) is 0.842. The maximum absolute atomic E-state index is 12.0. The van der Waals surface area contributed by atoms with E-state index in [0.29, 0.717) is 13.0 Å². The van der Waals surface area contributed by atoms with Crippen molar-refractivity contribution in [3.63, 3.8) is 0 Å². The van der Waals surface area contributed by atoms with Crippen LogP contribution in [-0.2, 0) is 22.4 Å². The molecule has 0 aromatic heterocycles. The van der Waals surface area contributed by atoms with Gasteiger partial charge in [0.2, 0.25) is 11.8 Å². The summed E-state index contributed by atoms with van der Waals surface area (Å²) in [4.78, 5) is 38.0. The Hall–Kier alpha value is -2.37. The molecule has 0 atom stereocenters. The summed E-state index contributed by atoms with van der Waals surface area (Å²) in [7, 11) is 1.60. The molecule has 1 aliphatic carbocycles. The van der Waals surface area contributed by atoms with E-state index in [-0.39, 0.29) is 30.8 Å². The monoisotopic (exact) mass is 315 g/mol. The highest BCUT2D eigenvalue weighted by molar-refractivity contribution is 6.01. The summed E-state index contributed by atoms with van der Waals surface area (Å²) in [6.07, 6.45) is 4.14. The van der Waals surface area contributed by atoms with E-state index < -0.39 is 0 Å². The van der Waals surface area contributed by atoms with Gasteiger partial charge in [0, 0.05) is 25.7 Å². The molecular weight excluding hydrogens is 294 g/mol. The number of aryl methyl sites for hydroxylation is 2. The van der Waals surface area contributed by atoms with Crippen molar-refractivity contribution in [2.24, 2.45) is 0 Å². The van der Waals surface area contributed by atoms with Gasteiger partial charge in [-0.2, -0.15) is 0 Å². The topological polar surface area (TPSA) is 69.7 Å². The lowest BCUT2D eigenvalue weighted by Gasteiger charge is -2.13. The fraction of sp³-hybridized carbons (Fsp3) is 0.471. The minimum absolute atomic E-state index is 0.0876. The number of carbonyl (C=O) groups is 3. The highest BCUT2D eigenvalue weighted by Gasteiger charge is 2.32. The van der Waals surface area contributed by atoms with E-state index in [0.717, 1.165) is 18.5 Å². The number of fused-ring (bicyclic) bond motifs is 1. The SMILES string of the molecule is CN1CC(=O)N(CCCC(=O)Nc2ccc3c(c2)CCC3)C1=O. The minimum atomic E-state index is -0.283. The summed E-state index contributed by atoms with van der Waals surface area (Å²) in [5, 5.41) is 2.89. The Labute approximate surface area is 135 Å². The molecule has 2 aliphatic rings. The summed E-state index contributed by atoms with van der Waals surface area (Å²) in [6.45, 7) is 0.416. The Morgan fingerprint density at radius 3 is 2.74 bits per heavy atom. The molecule has 1 fully saturated rings. The van der Waals surface area contributed by atoms with Crippen molar-refractivity contribution in [2.75, 3.05) is 25.5 Å². The van der Waals surface area contributed by atoms with Crippen LogP contribution in [0.15, 0.2) is 18.2 Å². The van der Waals surface area contributed by atoms with Crippen LogP contribution in [0.1, 0.15) is 30.4 Å². The summed E-state index contributed by atoms with van der Waals surface area (Å²) in [5.41, 5.74) is 3.51. The van der Waals surface area contributed by atoms with Crippen LogP contribution < -0.4 is 5.32 Å². The molecule has 1 heterocycles. The zero-order valence-electron chi connectivity index (χ0n) is 13.3. The Balaban J connectivity index is 1.47. The molecule has 6 heteroatoms. The van der Waals surface area contributed by atoms with Crippen LogP contribution in [0, 0.1) is 0 Å². The number of urea groups is 1. The van der Waals surface area contributed by atoms with E-state index >= 15 is 0 Å². The molecule has 1 aliphatic heterocycles. The second-order valence-corrected chi connectivity index (χ2v) is 6.17. The molecule has 0 radical (unpaired) electrons. The van der Waals surface area contributed by atoms with Gasteiger partial charge in [0.05, 0.1) is 0 Å². The number of hydrogen-bond acceptors (Lipinski definition) is 3. The van der Waals surface area contributed by atoms with Gasteiger partial charge in [-0.3, -0.25) is 14.5 Å². The van der Waals surface area contributed by atoms with Crippen molar-refractivity contribution in [2.45, 2.75) is 32.1 Å². The summed E-state index contributed by atoms with van der Waals surface area (Å²) >= 11 is 0. The fourth-order valence-corrected chi connectivity index (χ4v) is 3.16. The first-order valence-corrected chi connectivity index (χ1v) is 8.02. The standard InChI is InChI=1S/C17H21N3O3/c1-19-11-16(22)20(17(19)23)9-3-6-15(21)18-14-8-7-12-4-2-5-13(12)10-14/h7-8,10H,2-6,9,11H2,1H3,(H,18,21). The largest absolute Gasteiger partial charge is 0.326 e. The van der Waals surface area contributed by atoms with Crippen LogP contribution in [-0.4, -0.2) is 47.8 Å². The number of nitrogens with zero attached hydrogens (tertiary/aromatic N) is 2. The maximum atomic E-state index is 12.0. The lowest BCUT2D eigenvalue weighted by Crippen LogP contribution is -2.32. The van der Waals surface area contributed by atoms with Crippen molar-refractivity contribution < 1.29 is 14.4 Å². The number of rotatable bonds is 5.